The van der Waals surface area contributed by atoms with Crippen LogP contribution >= 0.6 is 0 Å². The molecular weight excluding hydrogens is 454 g/mol. The minimum Gasteiger partial charge on any atom is -0.434 e. The van der Waals surface area contributed by atoms with Crippen molar-refractivity contribution in [1.82, 2.24) is 15.0 Å². The fourth-order valence-corrected chi connectivity index (χ4v) is 3.42. The standard InChI is InChI=1S/C21H25N3O8S/c1-3-11-31-21(27)32-18-9-8-16(14-23-18)20(26)24-33(28,29)17-7-5-6-15(13-17)19(25)22-10-12-30-4-2/h5-9,13-14H,3-4,10-12H2,1-2H3,(H,22,25)(H,24,26). The Morgan fingerprint density at radius 3 is 2.45 bits per heavy atom. The summed E-state index contributed by atoms with van der Waals surface area (Å²) in [7, 11) is -4.27. The van der Waals surface area contributed by atoms with Crippen LogP contribution in [0.5, 0.6) is 5.88 Å². The third-order valence-electron chi connectivity index (χ3n) is 3.98. The molecule has 0 aliphatic heterocycles. The number of sulfonamides is 1. The molecule has 0 aliphatic carbocycles. The number of hydrogen-bond donors (Lipinski definition) is 2. The highest BCUT2D eigenvalue weighted by atomic mass is 32.2. The van der Waals surface area contributed by atoms with Gasteiger partial charge in [0.1, 0.15) is 0 Å². The van der Waals surface area contributed by atoms with Gasteiger partial charge in [-0.3, -0.25) is 9.59 Å². The number of ether oxygens (including phenoxy) is 3. The van der Waals surface area contributed by atoms with Crippen molar-refractivity contribution in [3.63, 3.8) is 0 Å². The number of nitrogens with zero attached hydrogens (tertiary/aromatic N) is 1. The van der Waals surface area contributed by atoms with Gasteiger partial charge in [0, 0.05) is 31.0 Å². The van der Waals surface area contributed by atoms with Crippen LogP contribution in [0.15, 0.2) is 47.5 Å². The molecule has 0 atom stereocenters. The van der Waals surface area contributed by atoms with Crippen LogP contribution in [0.3, 0.4) is 0 Å². The molecule has 0 aliphatic rings. The van der Waals surface area contributed by atoms with Gasteiger partial charge in [0.15, 0.2) is 0 Å². The molecule has 12 heteroatoms. The molecule has 33 heavy (non-hydrogen) atoms. The van der Waals surface area contributed by atoms with Crippen molar-refractivity contribution in [2.45, 2.75) is 25.2 Å². The second-order valence-corrected chi connectivity index (χ2v) is 8.18. The Morgan fingerprint density at radius 2 is 1.79 bits per heavy atom. The number of aromatic nitrogens is 1. The van der Waals surface area contributed by atoms with Crippen LogP contribution in [0.1, 0.15) is 41.0 Å². The molecule has 2 rings (SSSR count). The van der Waals surface area contributed by atoms with Gasteiger partial charge in [-0.25, -0.2) is 22.9 Å². The van der Waals surface area contributed by atoms with Gasteiger partial charge < -0.3 is 19.5 Å². The van der Waals surface area contributed by atoms with E-state index in [9.17, 15) is 22.8 Å². The predicted molar refractivity (Wildman–Crippen MR) is 116 cm³/mol. The van der Waals surface area contributed by atoms with Crippen molar-refractivity contribution < 1.29 is 37.0 Å². The fraction of sp³-hybridized carbons (Fsp3) is 0.333. The number of carbonyl (C=O) groups is 3. The molecule has 0 bridgehead atoms. The first-order valence-corrected chi connectivity index (χ1v) is 11.6. The van der Waals surface area contributed by atoms with E-state index >= 15 is 0 Å². The number of carbonyl (C=O) groups excluding carboxylic acids is 3. The highest BCUT2D eigenvalue weighted by molar-refractivity contribution is 7.90. The lowest BCUT2D eigenvalue weighted by Crippen LogP contribution is -2.31. The average molecular weight is 480 g/mol. The molecule has 0 radical (unpaired) electrons. The normalized spacial score (nSPS) is 10.8. The van der Waals surface area contributed by atoms with Gasteiger partial charge >= 0.3 is 6.16 Å². The van der Waals surface area contributed by atoms with Gasteiger partial charge in [-0.05, 0) is 37.6 Å². The third kappa shape index (κ3) is 8.16. The Labute approximate surface area is 191 Å². The molecule has 2 N–H and O–H groups in total. The molecule has 2 amide bonds. The topological polar surface area (TPSA) is 150 Å². The second kappa shape index (κ2) is 12.5. The summed E-state index contributed by atoms with van der Waals surface area (Å²) in [5.74, 6) is -1.54. The summed E-state index contributed by atoms with van der Waals surface area (Å²) >= 11 is 0. The first kappa shape index (κ1) is 25.7. The van der Waals surface area contributed by atoms with E-state index in [1.54, 1.807) is 0 Å². The number of nitrogens with one attached hydrogen (secondary N) is 2. The lowest BCUT2D eigenvalue weighted by Gasteiger charge is -2.09. The summed E-state index contributed by atoms with van der Waals surface area (Å²) in [6.45, 7) is 4.94. The van der Waals surface area contributed by atoms with Crippen molar-refractivity contribution in [2.75, 3.05) is 26.4 Å². The molecule has 1 aromatic heterocycles. The van der Waals surface area contributed by atoms with Crippen LogP contribution in [0.2, 0.25) is 0 Å². The molecular formula is C21H25N3O8S. The summed E-state index contributed by atoms with van der Waals surface area (Å²) in [6, 6.07) is 7.71. The summed E-state index contributed by atoms with van der Waals surface area (Å²) < 4.78 is 41.9. The Morgan fingerprint density at radius 1 is 1.00 bits per heavy atom. The van der Waals surface area contributed by atoms with Crippen molar-refractivity contribution in [3.05, 3.63) is 53.7 Å². The van der Waals surface area contributed by atoms with Crippen LogP contribution in [-0.4, -0.2) is 57.7 Å². The lowest BCUT2D eigenvalue weighted by atomic mass is 10.2. The molecule has 0 saturated heterocycles. The Balaban J connectivity index is 2.02. The summed E-state index contributed by atoms with van der Waals surface area (Å²) in [5, 5.41) is 2.61. The summed E-state index contributed by atoms with van der Waals surface area (Å²) in [6.07, 6.45) is 0.735. The van der Waals surface area contributed by atoms with Crippen LogP contribution in [0.25, 0.3) is 0 Å². The lowest BCUT2D eigenvalue weighted by molar-refractivity contribution is 0.0920. The Hall–Kier alpha value is -3.51. The molecule has 0 spiro atoms. The van der Waals surface area contributed by atoms with Crippen LogP contribution in [0.4, 0.5) is 4.79 Å². The fourth-order valence-electron chi connectivity index (χ4n) is 2.40. The third-order valence-corrected chi connectivity index (χ3v) is 5.31. The van der Waals surface area contributed by atoms with E-state index < -0.39 is 28.0 Å². The molecule has 1 aromatic carbocycles. The first-order valence-electron chi connectivity index (χ1n) is 10.1. The number of amides is 2. The van der Waals surface area contributed by atoms with Gasteiger partial charge in [-0.1, -0.05) is 13.0 Å². The van der Waals surface area contributed by atoms with E-state index in [0.29, 0.717) is 19.6 Å². The zero-order chi connectivity index (χ0) is 24.3. The highest BCUT2D eigenvalue weighted by Crippen LogP contribution is 2.14. The molecule has 0 saturated carbocycles. The van der Waals surface area contributed by atoms with E-state index in [2.05, 4.69) is 10.3 Å². The van der Waals surface area contributed by atoms with Gasteiger partial charge in [0.05, 0.1) is 23.7 Å². The Bertz CT molecular complexity index is 1070. The van der Waals surface area contributed by atoms with Gasteiger partial charge in [0.25, 0.3) is 21.8 Å². The van der Waals surface area contributed by atoms with Gasteiger partial charge in [-0.2, -0.15) is 0 Å². The zero-order valence-electron chi connectivity index (χ0n) is 18.2. The number of hydrogen-bond acceptors (Lipinski definition) is 9. The van der Waals surface area contributed by atoms with E-state index in [-0.39, 0.29) is 35.1 Å². The van der Waals surface area contributed by atoms with Crippen LogP contribution in [-0.2, 0) is 19.5 Å². The predicted octanol–water partition coefficient (Wildman–Crippen LogP) is 1.89. The number of pyridine rings is 1. The second-order valence-electron chi connectivity index (χ2n) is 6.50. The van der Waals surface area contributed by atoms with E-state index in [1.165, 1.54) is 30.3 Å². The smallest absolute Gasteiger partial charge is 0.434 e. The maximum atomic E-state index is 12.6. The minimum absolute atomic E-state index is 0.0855. The molecule has 2 aromatic rings. The van der Waals surface area contributed by atoms with E-state index in [1.807, 2.05) is 18.6 Å². The summed E-state index contributed by atoms with van der Waals surface area (Å²) in [4.78, 5) is 39.5. The number of rotatable bonds is 11. The largest absolute Gasteiger partial charge is 0.515 e. The average Bonchev–Trinajstić information content (AvgIpc) is 2.80. The Kier molecular flexibility index (Phi) is 9.76. The minimum atomic E-state index is -4.27. The SMILES string of the molecule is CCCOC(=O)Oc1ccc(C(=O)NS(=O)(=O)c2cccc(C(=O)NCCOCC)c2)cn1. The van der Waals surface area contributed by atoms with Crippen LogP contribution < -0.4 is 14.8 Å². The van der Waals surface area contributed by atoms with Crippen molar-refractivity contribution >= 4 is 28.0 Å². The number of benzene rings is 1. The first-order chi connectivity index (χ1) is 15.8. The molecule has 0 unspecified atom stereocenters. The maximum Gasteiger partial charge on any atom is 0.515 e. The van der Waals surface area contributed by atoms with Crippen molar-refractivity contribution in [1.29, 1.82) is 0 Å². The van der Waals surface area contributed by atoms with Crippen molar-refractivity contribution in [3.8, 4) is 5.88 Å². The van der Waals surface area contributed by atoms with Crippen LogP contribution in [0, 0.1) is 0 Å². The van der Waals surface area contributed by atoms with E-state index in [0.717, 1.165) is 12.3 Å². The highest BCUT2D eigenvalue weighted by Gasteiger charge is 2.20. The van der Waals surface area contributed by atoms with Crippen molar-refractivity contribution in [2.24, 2.45) is 0 Å². The molecule has 0 fully saturated rings. The quantitative estimate of drug-likeness (QED) is 0.364. The monoisotopic (exact) mass is 479 g/mol. The summed E-state index contributed by atoms with van der Waals surface area (Å²) in [5.41, 5.74) is 0.0256. The molecule has 1 heterocycles. The zero-order valence-corrected chi connectivity index (χ0v) is 19.0. The van der Waals surface area contributed by atoms with Gasteiger partial charge in [0.2, 0.25) is 5.88 Å². The van der Waals surface area contributed by atoms with E-state index in [4.69, 9.17) is 14.2 Å². The molecule has 178 valence electrons. The van der Waals surface area contributed by atoms with Gasteiger partial charge in [-0.15, -0.1) is 0 Å². The maximum absolute atomic E-state index is 12.6. The molecule has 11 nitrogen and oxygen atoms in total.